The van der Waals surface area contributed by atoms with E-state index in [0.717, 1.165) is 5.56 Å². The molecule has 0 unspecified atom stereocenters. The Hall–Kier alpha value is -3.15. The van der Waals surface area contributed by atoms with Crippen LogP contribution in [0, 0.1) is 10.1 Å². The molecule has 0 radical (unpaired) electrons. The van der Waals surface area contributed by atoms with Gasteiger partial charge in [-0.3, -0.25) is 10.1 Å². The summed E-state index contributed by atoms with van der Waals surface area (Å²) < 4.78 is 10.5. The van der Waals surface area contributed by atoms with Gasteiger partial charge in [0.15, 0.2) is 5.75 Å². The number of allylic oxidation sites excluding steroid dienone is 1. The molecule has 0 bridgehead atoms. The summed E-state index contributed by atoms with van der Waals surface area (Å²) in [6.45, 7) is 4.11. The number of ether oxygens (including phenoxy) is 2. The number of nitro benzene ring substituents is 1. The minimum atomic E-state index is -0.485. The van der Waals surface area contributed by atoms with E-state index in [2.05, 4.69) is 0 Å². The predicted octanol–water partition coefficient (Wildman–Crippen LogP) is 4.53. The summed E-state index contributed by atoms with van der Waals surface area (Å²) in [6, 6.07) is 14.1. The van der Waals surface area contributed by atoms with Crippen molar-refractivity contribution < 1.29 is 19.2 Å². The van der Waals surface area contributed by atoms with Gasteiger partial charge in [-0.25, -0.2) is 4.79 Å². The lowest BCUT2D eigenvalue weighted by Gasteiger charge is -2.10. The van der Waals surface area contributed by atoms with Crippen LogP contribution in [0.15, 0.2) is 54.6 Å². The molecule has 0 aliphatic carbocycles. The van der Waals surface area contributed by atoms with Crippen LogP contribution in [0.3, 0.4) is 0 Å². The first-order valence-electron chi connectivity index (χ1n) is 8.38. The van der Waals surface area contributed by atoms with E-state index < -0.39 is 10.9 Å². The SMILES string of the molecule is CCOC(=O)C=C(CC)c1ccc(OCc2ccccc2)c([N+](=O)[O-])c1. The highest BCUT2D eigenvalue weighted by atomic mass is 16.6. The second-order valence-corrected chi connectivity index (χ2v) is 5.49. The molecule has 0 saturated heterocycles. The fraction of sp³-hybridized carbons (Fsp3) is 0.250. The van der Waals surface area contributed by atoms with Crippen LogP contribution in [-0.2, 0) is 16.1 Å². The number of esters is 1. The molecule has 0 spiro atoms. The maximum absolute atomic E-state index is 11.7. The Kier molecular flexibility index (Phi) is 6.91. The molecule has 0 fully saturated rings. The van der Waals surface area contributed by atoms with E-state index >= 15 is 0 Å². The molecule has 0 amide bonds. The second kappa shape index (κ2) is 9.36. The van der Waals surface area contributed by atoms with Crippen molar-refractivity contribution in [2.45, 2.75) is 26.9 Å². The van der Waals surface area contributed by atoms with Gasteiger partial charge in [0, 0.05) is 12.1 Å². The Labute approximate surface area is 152 Å². The molecule has 0 N–H and O–H groups in total. The maximum Gasteiger partial charge on any atom is 0.331 e. The maximum atomic E-state index is 11.7. The van der Waals surface area contributed by atoms with Crippen molar-refractivity contribution in [1.29, 1.82) is 0 Å². The molecule has 6 heteroatoms. The standard InChI is InChI=1S/C20H21NO5/c1-3-16(13-20(22)25-4-2)17-10-11-19(18(12-17)21(23)24)26-14-15-8-6-5-7-9-15/h5-13H,3-4,14H2,1-2H3. The van der Waals surface area contributed by atoms with Gasteiger partial charge in [0.2, 0.25) is 0 Å². The zero-order valence-electron chi connectivity index (χ0n) is 14.8. The van der Waals surface area contributed by atoms with Gasteiger partial charge >= 0.3 is 11.7 Å². The summed E-state index contributed by atoms with van der Waals surface area (Å²) >= 11 is 0. The third-order valence-corrected chi connectivity index (χ3v) is 3.72. The number of hydrogen-bond donors (Lipinski definition) is 0. The average molecular weight is 355 g/mol. The smallest absolute Gasteiger partial charge is 0.331 e. The largest absolute Gasteiger partial charge is 0.482 e. The van der Waals surface area contributed by atoms with Crippen LogP contribution in [0.5, 0.6) is 5.75 Å². The van der Waals surface area contributed by atoms with Gasteiger partial charge in [-0.05, 0) is 36.1 Å². The number of rotatable bonds is 8. The fourth-order valence-corrected chi connectivity index (χ4v) is 2.43. The van der Waals surface area contributed by atoms with Crippen LogP contribution in [0.2, 0.25) is 0 Å². The van der Waals surface area contributed by atoms with Gasteiger partial charge in [0.1, 0.15) is 6.61 Å². The Bertz CT molecular complexity index is 799. The first-order chi connectivity index (χ1) is 12.5. The molecule has 2 rings (SSSR count). The Morgan fingerprint density at radius 3 is 2.50 bits per heavy atom. The second-order valence-electron chi connectivity index (χ2n) is 5.49. The van der Waals surface area contributed by atoms with Crippen LogP contribution in [0.4, 0.5) is 5.69 Å². The fourth-order valence-electron chi connectivity index (χ4n) is 2.43. The number of nitro groups is 1. The van der Waals surface area contributed by atoms with E-state index in [1.54, 1.807) is 19.1 Å². The topological polar surface area (TPSA) is 78.7 Å². The summed E-state index contributed by atoms with van der Waals surface area (Å²) in [6.07, 6.45) is 1.91. The molecule has 136 valence electrons. The van der Waals surface area contributed by atoms with Crippen molar-refractivity contribution in [2.75, 3.05) is 6.61 Å². The number of nitrogens with zero attached hydrogens (tertiary/aromatic N) is 1. The average Bonchev–Trinajstić information content (AvgIpc) is 2.65. The number of carbonyl (C=O) groups is 1. The summed E-state index contributed by atoms with van der Waals surface area (Å²) in [7, 11) is 0. The molecular weight excluding hydrogens is 334 g/mol. The predicted molar refractivity (Wildman–Crippen MR) is 98.8 cm³/mol. The highest BCUT2D eigenvalue weighted by Gasteiger charge is 2.18. The van der Waals surface area contributed by atoms with E-state index in [-0.39, 0.29) is 24.7 Å². The summed E-state index contributed by atoms with van der Waals surface area (Å²) in [5.74, 6) is -0.273. The van der Waals surface area contributed by atoms with Crippen LogP contribution < -0.4 is 4.74 Å². The zero-order valence-corrected chi connectivity index (χ0v) is 14.8. The van der Waals surface area contributed by atoms with Crippen molar-refractivity contribution in [3.8, 4) is 5.75 Å². The summed E-state index contributed by atoms with van der Waals surface area (Å²) in [5, 5.41) is 11.4. The normalized spacial score (nSPS) is 11.1. The molecule has 0 heterocycles. The first-order valence-corrected chi connectivity index (χ1v) is 8.38. The van der Waals surface area contributed by atoms with Crippen LogP contribution in [-0.4, -0.2) is 17.5 Å². The van der Waals surface area contributed by atoms with Crippen molar-refractivity contribution in [3.63, 3.8) is 0 Å². The third-order valence-electron chi connectivity index (χ3n) is 3.72. The monoisotopic (exact) mass is 355 g/mol. The molecule has 0 aliphatic heterocycles. The van der Waals surface area contributed by atoms with Gasteiger partial charge in [-0.1, -0.05) is 43.3 Å². The molecule has 6 nitrogen and oxygen atoms in total. The van der Waals surface area contributed by atoms with Crippen molar-refractivity contribution in [1.82, 2.24) is 0 Å². The first kappa shape index (κ1) is 19.2. The zero-order chi connectivity index (χ0) is 18.9. The van der Waals surface area contributed by atoms with E-state index in [9.17, 15) is 14.9 Å². The van der Waals surface area contributed by atoms with Crippen molar-refractivity contribution >= 4 is 17.2 Å². The quantitative estimate of drug-likeness (QED) is 0.301. The number of benzene rings is 2. The highest BCUT2D eigenvalue weighted by molar-refractivity contribution is 5.91. The number of carbonyl (C=O) groups excluding carboxylic acids is 1. The lowest BCUT2D eigenvalue weighted by molar-refractivity contribution is -0.386. The third kappa shape index (κ3) is 5.17. The van der Waals surface area contributed by atoms with Crippen LogP contribution >= 0.6 is 0 Å². The van der Waals surface area contributed by atoms with Crippen molar-refractivity contribution in [2.24, 2.45) is 0 Å². The lowest BCUT2D eigenvalue weighted by atomic mass is 10.0. The Balaban J connectivity index is 2.27. The number of hydrogen-bond acceptors (Lipinski definition) is 5. The van der Waals surface area contributed by atoms with E-state index in [4.69, 9.17) is 9.47 Å². The van der Waals surface area contributed by atoms with Gasteiger partial charge in [-0.15, -0.1) is 0 Å². The molecule has 0 aromatic heterocycles. The van der Waals surface area contributed by atoms with Gasteiger partial charge in [0.05, 0.1) is 11.5 Å². The minimum absolute atomic E-state index is 0.137. The van der Waals surface area contributed by atoms with Gasteiger partial charge in [0.25, 0.3) is 0 Å². The van der Waals surface area contributed by atoms with Crippen LogP contribution in [0.1, 0.15) is 31.4 Å². The molecular formula is C20H21NO5. The highest BCUT2D eigenvalue weighted by Crippen LogP contribution is 2.32. The van der Waals surface area contributed by atoms with Gasteiger partial charge in [-0.2, -0.15) is 0 Å². The Morgan fingerprint density at radius 1 is 1.15 bits per heavy atom. The van der Waals surface area contributed by atoms with E-state index in [1.807, 2.05) is 37.3 Å². The van der Waals surface area contributed by atoms with Crippen LogP contribution in [0.25, 0.3) is 5.57 Å². The lowest BCUT2D eigenvalue weighted by Crippen LogP contribution is -2.02. The molecule has 0 saturated carbocycles. The van der Waals surface area contributed by atoms with Crippen molar-refractivity contribution in [3.05, 3.63) is 75.8 Å². The minimum Gasteiger partial charge on any atom is -0.482 e. The molecule has 2 aromatic carbocycles. The summed E-state index contributed by atoms with van der Waals surface area (Å²) in [5.41, 5.74) is 2.05. The Morgan fingerprint density at radius 2 is 1.88 bits per heavy atom. The van der Waals surface area contributed by atoms with Gasteiger partial charge < -0.3 is 9.47 Å². The molecule has 26 heavy (non-hydrogen) atoms. The van der Waals surface area contributed by atoms with E-state index in [1.165, 1.54) is 12.1 Å². The summed E-state index contributed by atoms with van der Waals surface area (Å²) in [4.78, 5) is 22.6. The van der Waals surface area contributed by atoms with E-state index in [0.29, 0.717) is 17.6 Å². The molecule has 0 atom stereocenters. The molecule has 0 aliphatic rings. The molecule has 2 aromatic rings.